The van der Waals surface area contributed by atoms with E-state index >= 15 is 0 Å². The number of nitrogens with zero attached hydrogens (tertiary/aromatic N) is 3. The topological polar surface area (TPSA) is 159 Å². The first-order valence-electron chi connectivity index (χ1n) is 12.3. The lowest BCUT2D eigenvalue weighted by Crippen LogP contribution is -2.56. The third-order valence-electron chi connectivity index (χ3n) is 5.93. The van der Waals surface area contributed by atoms with Gasteiger partial charge >= 0.3 is 13.7 Å². The average molecular weight is 549 g/mol. The number of pyridine rings is 1. The second-order valence-electron chi connectivity index (χ2n) is 8.80. The fraction of sp³-hybridized carbons (Fsp3) is 0.440. The van der Waals surface area contributed by atoms with E-state index in [1.807, 2.05) is 37.3 Å². The van der Waals surface area contributed by atoms with Gasteiger partial charge in [-0.1, -0.05) is 43.7 Å². The first kappa shape index (κ1) is 29.1. The maximum Gasteiger partial charge on any atom is 0.409 e. The molecule has 1 saturated heterocycles. The van der Waals surface area contributed by atoms with Crippen LogP contribution in [0.15, 0.2) is 42.5 Å². The average Bonchev–Trinajstić information content (AvgIpc) is 2.91. The van der Waals surface area contributed by atoms with Crippen LogP contribution >= 0.6 is 7.60 Å². The van der Waals surface area contributed by atoms with E-state index in [1.165, 1.54) is 23.0 Å². The standard InChI is InChI=1S/C25H33N4O8P/c1-3-4-14-37-25(32)29-12-10-28(11-13-29)24(31)22(17-38(33,34)35)27-23(30)21-16-19(36-2)15-20(26-21)18-8-6-5-7-9-18/h5-9,15-16,22H,3-4,10-14,17H2,1-2H3,(H,27,30)(H2,33,34,35). The summed E-state index contributed by atoms with van der Waals surface area (Å²) in [7, 11) is -3.25. The summed E-state index contributed by atoms with van der Waals surface area (Å²) in [6, 6.07) is 10.6. The van der Waals surface area contributed by atoms with Gasteiger partial charge in [0.2, 0.25) is 5.91 Å². The third-order valence-corrected chi connectivity index (χ3v) is 6.77. The van der Waals surface area contributed by atoms with Crippen molar-refractivity contribution in [3.8, 4) is 17.0 Å². The molecule has 3 rings (SSSR count). The van der Waals surface area contributed by atoms with Crippen LogP contribution in [0.5, 0.6) is 5.75 Å². The quantitative estimate of drug-likeness (QED) is 0.299. The van der Waals surface area contributed by atoms with E-state index in [4.69, 9.17) is 9.47 Å². The smallest absolute Gasteiger partial charge is 0.409 e. The molecule has 0 bridgehead atoms. The van der Waals surface area contributed by atoms with Crippen molar-refractivity contribution >= 4 is 25.5 Å². The van der Waals surface area contributed by atoms with Gasteiger partial charge in [0, 0.05) is 43.9 Å². The molecule has 2 aromatic rings. The van der Waals surface area contributed by atoms with Crippen LogP contribution in [0, 0.1) is 0 Å². The van der Waals surface area contributed by atoms with Crippen LogP contribution in [0.25, 0.3) is 11.3 Å². The predicted octanol–water partition coefficient (Wildman–Crippen LogP) is 2.11. The molecule has 3 amide bonds. The summed E-state index contributed by atoms with van der Waals surface area (Å²) in [5, 5.41) is 2.44. The van der Waals surface area contributed by atoms with Crippen LogP contribution in [0.2, 0.25) is 0 Å². The number of ether oxygens (including phenoxy) is 2. The molecule has 38 heavy (non-hydrogen) atoms. The summed E-state index contributed by atoms with van der Waals surface area (Å²) in [6.07, 6.45) is 0.292. The van der Waals surface area contributed by atoms with Crippen molar-refractivity contribution in [3.63, 3.8) is 0 Å². The van der Waals surface area contributed by atoms with Gasteiger partial charge in [-0.15, -0.1) is 0 Å². The minimum absolute atomic E-state index is 0.0774. The molecule has 1 aliphatic heterocycles. The van der Waals surface area contributed by atoms with Crippen LogP contribution < -0.4 is 10.1 Å². The highest BCUT2D eigenvalue weighted by Gasteiger charge is 2.35. The van der Waals surface area contributed by atoms with Crippen molar-refractivity contribution in [2.45, 2.75) is 25.8 Å². The highest BCUT2D eigenvalue weighted by atomic mass is 31.2. The van der Waals surface area contributed by atoms with Gasteiger partial charge < -0.3 is 34.4 Å². The van der Waals surface area contributed by atoms with Gasteiger partial charge in [0.25, 0.3) is 5.91 Å². The second-order valence-corrected chi connectivity index (χ2v) is 10.5. The summed E-state index contributed by atoms with van der Waals surface area (Å²) in [5.41, 5.74) is 1.11. The fourth-order valence-electron chi connectivity index (χ4n) is 3.88. The fourth-order valence-corrected chi connectivity index (χ4v) is 4.60. The minimum atomic E-state index is -4.68. The summed E-state index contributed by atoms with van der Waals surface area (Å²) in [4.78, 5) is 64.9. The van der Waals surface area contributed by atoms with E-state index in [0.29, 0.717) is 18.1 Å². The Bertz CT molecular complexity index is 1170. The van der Waals surface area contributed by atoms with E-state index < -0.39 is 37.7 Å². The minimum Gasteiger partial charge on any atom is -0.497 e. The van der Waals surface area contributed by atoms with E-state index in [2.05, 4.69) is 10.3 Å². The number of benzene rings is 1. The number of amides is 3. The number of unbranched alkanes of at least 4 members (excludes halogenated alkanes) is 1. The van der Waals surface area contributed by atoms with Crippen molar-refractivity contribution in [1.29, 1.82) is 0 Å². The zero-order valence-corrected chi connectivity index (χ0v) is 22.3. The normalized spacial score (nSPS) is 14.5. The van der Waals surface area contributed by atoms with Crippen LogP contribution in [0.3, 0.4) is 0 Å². The van der Waals surface area contributed by atoms with Gasteiger partial charge in [-0.2, -0.15) is 0 Å². The Morgan fingerprint density at radius 1 is 1.08 bits per heavy atom. The lowest BCUT2D eigenvalue weighted by atomic mass is 10.1. The molecule has 1 unspecified atom stereocenters. The van der Waals surface area contributed by atoms with Crippen molar-refractivity contribution in [2.24, 2.45) is 0 Å². The molecule has 3 N–H and O–H groups in total. The van der Waals surface area contributed by atoms with Gasteiger partial charge in [-0.25, -0.2) is 9.78 Å². The van der Waals surface area contributed by atoms with Crippen LogP contribution in [0.1, 0.15) is 30.3 Å². The molecule has 1 aromatic carbocycles. The molecule has 2 heterocycles. The van der Waals surface area contributed by atoms with Crippen molar-refractivity contribution < 1.29 is 38.2 Å². The highest BCUT2D eigenvalue weighted by Crippen LogP contribution is 2.35. The van der Waals surface area contributed by atoms with E-state index in [1.54, 1.807) is 6.07 Å². The number of methoxy groups -OCH3 is 1. The summed E-state index contributed by atoms with van der Waals surface area (Å²) in [5.74, 6) is -1.10. The Labute approximate surface area is 221 Å². The Balaban J connectivity index is 1.73. The maximum absolute atomic E-state index is 13.2. The Hall–Kier alpha value is -3.47. The lowest BCUT2D eigenvalue weighted by molar-refractivity contribution is -0.134. The predicted molar refractivity (Wildman–Crippen MR) is 139 cm³/mol. The molecule has 1 aromatic heterocycles. The zero-order chi connectivity index (χ0) is 27.7. The Morgan fingerprint density at radius 3 is 2.34 bits per heavy atom. The van der Waals surface area contributed by atoms with Gasteiger partial charge in [-0.3, -0.25) is 14.2 Å². The summed E-state index contributed by atoms with van der Waals surface area (Å²) in [6.45, 7) is 2.96. The third kappa shape index (κ3) is 8.27. The van der Waals surface area contributed by atoms with Gasteiger partial charge in [0.1, 0.15) is 17.5 Å². The van der Waals surface area contributed by atoms with Gasteiger partial charge in [0.05, 0.1) is 25.6 Å². The molecule has 206 valence electrons. The molecule has 1 fully saturated rings. The molecule has 12 nitrogen and oxygen atoms in total. The first-order valence-corrected chi connectivity index (χ1v) is 14.1. The summed E-state index contributed by atoms with van der Waals surface area (Å²) >= 11 is 0. The number of aromatic nitrogens is 1. The Kier molecular flexibility index (Phi) is 10.2. The first-order chi connectivity index (χ1) is 18.1. The molecule has 1 aliphatic rings. The monoisotopic (exact) mass is 548 g/mol. The second kappa shape index (κ2) is 13.4. The lowest BCUT2D eigenvalue weighted by Gasteiger charge is -2.36. The van der Waals surface area contributed by atoms with Crippen molar-refractivity contribution in [1.82, 2.24) is 20.1 Å². The molecule has 0 aliphatic carbocycles. The number of piperazine rings is 1. The number of rotatable bonds is 10. The molecular weight excluding hydrogens is 515 g/mol. The molecule has 0 spiro atoms. The van der Waals surface area contributed by atoms with Crippen molar-refractivity contribution in [3.05, 3.63) is 48.2 Å². The maximum atomic E-state index is 13.2. The van der Waals surface area contributed by atoms with E-state index in [9.17, 15) is 28.7 Å². The number of carbonyl (C=O) groups is 3. The number of hydrogen-bond donors (Lipinski definition) is 3. The summed E-state index contributed by atoms with van der Waals surface area (Å²) < 4.78 is 22.3. The number of nitrogens with one attached hydrogen (secondary N) is 1. The molecular formula is C25H33N4O8P. The largest absolute Gasteiger partial charge is 0.497 e. The number of carbonyl (C=O) groups excluding carboxylic acids is 3. The van der Waals surface area contributed by atoms with E-state index in [0.717, 1.165) is 18.4 Å². The van der Waals surface area contributed by atoms with Crippen LogP contribution in [-0.2, 0) is 14.1 Å². The molecule has 0 saturated carbocycles. The zero-order valence-electron chi connectivity index (χ0n) is 21.4. The van der Waals surface area contributed by atoms with Crippen molar-refractivity contribution in [2.75, 3.05) is 46.1 Å². The number of hydrogen-bond acceptors (Lipinski definition) is 7. The Morgan fingerprint density at radius 2 is 1.74 bits per heavy atom. The SMILES string of the molecule is CCCCOC(=O)N1CCN(C(=O)C(CP(=O)(O)O)NC(=O)c2cc(OC)cc(-c3ccccc3)n2)CC1. The van der Waals surface area contributed by atoms with Gasteiger partial charge in [-0.05, 0) is 6.42 Å². The molecule has 1 atom stereocenters. The van der Waals surface area contributed by atoms with Crippen LogP contribution in [-0.4, -0.2) is 94.6 Å². The van der Waals surface area contributed by atoms with Gasteiger partial charge in [0.15, 0.2) is 0 Å². The highest BCUT2D eigenvalue weighted by molar-refractivity contribution is 7.51. The van der Waals surface area contributed by atoms with E-state index in [-0.39, 0.29) is 31.9 Å². The molecule has 0 radical (unpaired) electrons. The molecule has 13 heteroatoms. The van der Waals surface area contributed by atoms with Crippen LogP contribution in [0.4, 0.5) is 4.79 Å².